The zero-order valence-corrected chi connectivity index (χ0v) is 21.9. The van der Waals surface area contributed by atoms with Crippen molar-refractivity contribution in [2.75, 3.05) is 19.4 Å². The Bertz CT molecular complexity index is 762. The molecule has 1 aliphatic rings. The molecule has 1 aromatic carbocycles. The molecule has 7 nitrogen and oxygen atoms in total. The van der Waals surface area contributed by atoms with E-state index in [-0.39, 0.29) is 59.9 Å². The maximum absolute atomic E-state index is 13.6. The summed E-state index contributed by atoms with van der Waals surface area (Å²) in [4.78, 5) is 11.2. The Morgan fingerprint density at radius 2 is 1.94 bits per heavy atom. The first-order valence-electron chi connectivity index (χ1n) is 10.9. The molecule has 2 rings (SSSR count). The molecule has 5 atom stereocenters. The Labute approximate surface area is 211 Å². The van der Waals surface area contributed by atoms with Gasteiger partial charge in [-0.1, -0.05) is 36.6 Å². The Kier molecular flexibility index (Phi) is 13.6. The van der Waals surface area contributed by atoms with Crippen LogP contribution in [0.2, 0.25) is 0 Å². The summed E-state index contributed by atoms with van der Waals surface area (Å²) in [5, 5.41) is 33.4. The molecule has 0 amide bonds. The largest absolute Gasteiger partial charge is 1.00 e. The topological polar surface area (TPSA) is 122 Å². The molecule has 0 radical (unpaired) electrons. The summed E-state index contributed by atoms with van der Waals surface area (Å²) in [6, 6.07) is 6.00. The van der Waals surface area contributed by atoms with Crippen molar-refractivity contribution in [3.05, 3.63) is 30.1 Å². The second-order valence-corrected chi connectivity index (χ2v) is 11.0. The smallest absolute Gasteiger partial charge is 0.799 e. The van der Waals surface area contributed by atoms with Gasteiger partial charge in [-0.15, -0.1) is 0 Å². The Morgan fingerprint density at radius 3 is 2.59 bits per heavy atom. The van der Waals surface area contributed by atoms with E-state index in [0.717, 1.165) is 25.7 Å². The molecular weight excluding hydrogens is 447 g/mol. The van der Waals surface area contributed by atoms with Crippen LogP contribution in [0.3, 0.4) is 0 Å². The number of aliphatic hydroxyl groups excluding tert-OH is 2. The zero-order valence-electron chi connectivity index (χ0n) is 19.0. The molecule has 0 saturated heterocycles. The molecule has 32 heavy (non-hydrogen) atoms. The number of para-hydroxylation sites is 1. The number of halogens is 1. The molecule has 1 fully saturated rings. The standard InChI is InChI=1S/C22H35FNO6P.Na/c1-31(28,29)13-7-3-2-4-8-18-17(20(24-27)14-21(18)26)12-11-16(25)15-30-22-10-6-5-9-19(22)23;/h5-6,9-10,16-18,21,25-27H,2-4,7-8,11-15H2,1H3,(H,28,29);/q;+1/p-1/b24-20-;/t16?,17-,18-,21?;/m1./s1. The third-order valence-corrected chi connectivity index (χ3v) is 7.04. The van der Waals surface area contributed by atoms with Crippen molar-refractivity contribution in [1.82, 2.24) is 0 Å². The van der Waals surface area contributed by atoms with Gasteiger partial charge < -0.3 is 29.6 Å². The minimum Gasteiger partial charge on any atom is -0.799 e. The van der Waals surface area contributed by atoms with E-state index >= 15 is 0 Å². The third kappa shape index (κ3) is 10.2. The van der Waals surface area contributed by atoms with Crippen molar-refractivity contribution >= 4 is 13.1 Å². The molecule has 3 unspecified atom stereocenters. The van der Waals surface area contributed by atoms with Crippen molar-refractivity contribution < 1.29 is 63.6 Å². The van der Waals surface area contributed by atoms with E-state index in [1.165, 1.54) is 18.8 Å². The Morgan fingerprint density at radius 1 is 1.25 bits per heavy atom. The first kappa shape index (κ1) is 29.6. The van der Waals surface area contributed by atoms with Gasteiger partial charge in [0.2, 0.25) is 0 Å². The van der Waals surface area contributed by atoms with Crippen LogP contribution in [0.25, 0.3) is 0 Å². The van der Waals surface area contributed by atoms with Gasteiger partial charge in [0.1, 0.15) is 6.61 Å². The van der Waals surface area contributed by atoms with Crippen LogP contribution in [0.15, 0.2) is 29.4 Å². The number of oxime groups is 1. The summed E-state index contributed by atoms with van der Waals surface area (Å²) >= 11 is 0. The summed E-state index contributed by atoms with van der Waals surface area (Å²) < 4.78 is 30.2. The summed E-state index contributed by atoms with van der Waals surface area (Å²) in [6.07, 6.45) is 3.95. The minimum absolute atomic E-state index is 0. The number of unbranched alkanes of at least 4 members (excludes halogenated alkanes) is 3. The van der Waals surface area contributed by atoms with E-state index in [9.17, 15) is 29.3 Å². The summed E-state index contributed by atoms with van der Waals surface area (Å²) in [7, 11) is -3.20. The molecule has 10 heteroatoms. The first-order valence-corrected chi connectivity index (χ1v) is 13.2. The van der Waals surface area contributed by atoms with Crippen molar-refractivity contribution in [3.8, 4) is 5.75 Å². The van der Waals surface area contributed by atoms with Gasteiger partial charge in [-0.2, -0.15) is 0 Å². The predicted octanol–water partition coefficient (Wildman–Crippen LogP) is 0.396. The average molecular weight is 481 g/mol. The molecule has 0 heterocycles. The van der Waals surface area contributed by atoms with Gasteiger partial charge in [0.05, 0.1) is 17.9 Å². The van der Waals surface area contributed by atoms with Crippen molar-refractivity contribution in [1.29, 1.82) is 0 Å². The van der Waals surface area contributed by atoms with E-state index in [2.05, 4.69) is 5.16 Å². The van der Waals surface area contributed by atoms with Gasteiger partial charge in [-0.3, -0.25) is 0 Å². The monoisotopic (exact) mass is 481 g/mol. The molecule has 1 aromatic rings. The van der Waals surface area contributed by atoms with Gasteiger partial charge in [-0.25, -0.2) is 4.39 Å². The van der Waals surface area contributed by atoms with Crippen LogP contribution in [-0.2, 0) is 4.57 Å². The fourth-order valence-electron chi connectivity index (χ4n) is 4.26. The quantitative estimate of drug-likeness (QED) is 0.123. The van der Waals surface area contributed by atoms with E-state index in [1.807, 2.05) is 0 Å². The molecule has 1 aliphatic carbocycles. The molecule has 0 spiro atoms. The number of hydrogen-bond donors (Lipinski definition) is 3. The molecule has 3 N–H and O–H groups in total. The number of hydrogen-bond acceptors (Lipinski definition) is 7. The summed E-state index contributed by atoms with van der Waals surface area (Å²) in [5.74, 6) is -0.604. The van der Waals surface area contributed by atoms with E-state index in [1.54, 1.807) is 12.1 Å². The molecule has 1 saturated carbocycles. The van der Waals surface area contributed by atoms with E-state index in [4.69, 9.17) is 4.74 Å². The SMILES string of the molecule is CP(=O)([O-])CCCCCC[C@H]1C(O)C/C(=N/O)[C@@H]1CCC(O)COc1ccccc1F.[Na+]. The van der Waals surface area contributed by atoms with Gasteiger partial charge >= 0.3 is 29.6 Å². The number of benzene rings is 1. The fraction of sp³-hybridized carbons (Fsp3) is 0.682. The van der Waals surface area contributed by atoms with Crippen LogP contribution < -0.4 is 39.2 Å². The zero-order chi connectivity index (χ0) is 22.9. The number of nitrogens with zero attached hydrogens (tertiary/aromatic N) is 1. The average Bonchev–Trinajstić information content (AvgIpc) is 3.02. The molecule has 0 aromatic heterocycles. The number of rotatable bonds is 13. The minimum atomic E-state index is -3.20. The van der Waals surface area contributed by atoms with Crippen molar-refractivity contribution in [2.24, 2.45) is 17.0 Å². The van der Waals surface area contributed by atoms with Gasteiger partial charge in [0, 0.05) is 19.7 Å². The predicted molar refractivity (Wildman–Crippen MR) is 115 cm³/mol. The summed E-state index contributed by atoms with van der Waals surface area (Å²) in [6.45, 7) is 1.21. The summed E-state index contributed by atoms with van der Waals surface area (Å²) in [5.41, 5.74) is 0.540. The molecular formula is C22H34FNNaO6P. The number of ether oxygens (including phenoxy) is 1. The first-order chi connectivity index (χ1) is 14.7. The maximum Gasteiger partial charge on any atom is 1.00 e. The van der Waals surface area contributed by atoms with E-state index < -0.39 is 25.4 Å². The maximum atomic E-state index is 13.6. The van der Waals surface area contributed by atoms with Crippen molar-refractivity contribution in [3.63, 3.8) is 0 Å². The van der Waals surface area contributed by atoms with E-state index in [0.29, 0.717) is 31.4 Å². The Balaban J connectivity index is 0.00000512. The van der Waals surface area contributed by atoms with Gasteiger partial charge in [-0.05, 0) is 56.6 Å². The van der Waals surface area contributed by atoms with Crippen LogP contribution >= 0.6 is 7.37 Å². The van der Waals surface area contributed by atoms with Crippen LogP contribution in [0.5, 0.6) is 5.75 Å². The molecule has 0 aliphatic heterocycles. The fourth-order valence-corrected chi connectivity index (χ4v) is 5.06. The normalized spacial score (nSPS) is 24.7. The van der Waals surface area contributed by atoms with Crippen LogP contribution in [-0.4, -0.2) is 52.8 Å². The number of aliphatic hydroxyl groups is 2. The van der Waals surface area contributed by atoms with Crippen LogP contribution in [0.4, 0.5) is 4.39 Å². The van der Waals surface area contributed by atoms with Gasteiger partial charge in [0.25, 0.3) is 0 Å². The molecule has 176 valence electrons. The van der Waals surface area contributed by atoms with Crippen LogP contribution in [0, 0.1) is 17.7 Å². The Hall–Kier alpha value is -0.470. The van der Waals surface area contributed by atoms with Crippen molar-refractivity contribution in [2.45, 2.75) is 63.6 Å². The van der Waals surface area contributed by atoms with Crippen LogP contribution in [0.1, 0.15) is 51.4 Å². The van der Waals surface area contributed by atoms with Gasteiger partial charge in [0.15, 0.2) is 11.6 Å². The second-order valence-electron chi connectivity index (χ2n) is 8.55. The second kappa shape index (κ2) is 14.7. The third-order valence-electron chi connectivity index (χ3n) is 5.92. The molecule has 0 bridgehead atoms.